The highest BCUT2D eigenvalue weighted by atomic mass is 19.1. The smallest absolute Gasteiger partial charge is 0.257 e. The van der Waals surface area contributed by atoms with Gasteiger partial charge in [0.1, 0.15) is 28.6 Å². The Morgan fingerprint density at radius 1 is 1.23 bits per heavy atom. The second kappa shape index (κ2) is 8.94. The highest BCUT2D eigenvalue weighted by molar-refractivity contribution is 6.00. The molecule has 156 valence electrons. The Kier molecular flexibility index (Phi) is 5.20. The highest BCUT2D eigenvalue weighted by Crippen LogP contribution is 2.29. The molecule has 0 unspecified atom stereocenters. The van der Waals surface area contributed by atoms with Crippen LogP contribution in [0.2, 0.25) is 0 Å². The van der Waals surface area contributed by atoms with Gasteiger partial charge in [-0.3, -0.25) is 4.79 Å². The number of nitrogens with zero attached hydrogens (tertiary/aromatic N) is 3. The first kappa shape index (κ1) is 17.4. The van der Waals surface area contributed by atoms with E-state index >= 15 is 0 Å². The van der Waals surface area contributed by atoms with Crippen molar-refractivity contribution in [1.82, 2.24) is 20.3 Å². The van der Waals surface area contributed by atoms with Crippen LogP contribution >= 0.6 is 0 Å². The van der Waals surface area contributed by atoms with Crippen molar-refractivity contribution in [2.24, 2.45) is 5.92 Å². The van der Waals surface area contributed by atoms with Crippen molar-refractivity contribution in [2.45, 2.75) is 25.3 Å². The molecule has 3 aromatic rings. The van der Waals surface area contributed by atoms with Crippen LogP contribution in [0.5, 0.6) is 11.5 Å². The molecule has 1 saturated carbocycles. The molecule has 0 bridgehead atoms. The molecule has 7 nitrogen and oxygen atoms in total. The lowest BCUT2D eigenvalue weighted by atomic mass is 10.0. The van der Waals surface area contributed by atoms with Crippen LogP contribution in [0, 0.1) is 11.7 Å². The maximum absolute atomic E-state index is 13.3. The van der Waals surface area contributed by atoms with Crippen molar-refractivity contribution in [2.75, 3.05) is 13.7 Å². The van der Waals surface area contributed by atoms with Gasteiger partial charge in [-0.25, -0.2) is 4.39 Å². The van der Waals surface area contributed by atoms with Gasteiger partial charge in [0.25, 0.3) is 5.91 Å². The molecule has 4 rings (SSSR count). The first-order valence-electron chi connectivity index (χ1n) is 10.7. The van der Waals surface area contributed by atoms with Crippen LogP contribution in [0.4, 0.5) is 4.39 Å². The molecule has 1 heterocycles. The van der Waals surface area contributed by atoms with Crippen molar-refractivity contribution in [3.8, 4) is 17.2 Å². The van der Waals surface area contributed by atoms with Crippen molar-refractivity contribution < 1.29 is 21.4 Å². The maximum Gasteiger partial charge on any atom is 0.257 e. The Bertz CT molecular complexity index is 1080. The molecule has 30 heavy (non-hydrogen) atoms. The lowest BCUT2D eigenvalue weighted by molar-refractivity contribution is 0.0915. The zero-order valence-electron chi connectivity index (χ0n) is 18.4. The lowest BCUT2D eigenvalue weighted by Gasteiger charge is -2.22. The van der Waals surface area contributed by atoms with Gasteiger partial charge in [0.05, 0.1) is 28.8 Å². The molecule has 1 aliphatic carbocycles. The van der Waals surface area contributed by atoms with Gasteiger partial charge < -0.3 is 14.8 Å². The first-order chi connectivity index (χ1) is 15.4. The van der Waals surface area contributed by atoms with Crippen molar-refractivity contribution in [3.63, 3.8) is 0 Å². The van der Waals surface area contributed by atoms with E-state index in [2.05, 4.69) is 15.5 Å². The minimum atomic E-state index is -2.06. The minimum Gasteiger partial charge on any atom is -0.496 e. The van der Waals surface area contributed by atoms with E-state index < -0.39 is 30.2 Å². The molecule has 0 spiro atoms. The number of ether oxygens (including phenoxy) is 2. The van der Waals surface area contributed by atoms with Gasteiger partial charge in [-0.15, -0.1) is 0 Å². The van der Waals surface area contributed by atoms with Crippen LogP contribution in [0.25, 0.3) is 5.69 Å². The molecule has 0 radical (unpaired) electrons. The number of aromatic nitrogens is 3. The Morgan fingerprint density at radius 3 is 2.73 bits per heavy atom. The molecular weight excluding hydrogens is 387 g/mol. The van der Waals surface area contributed by atoms with Crippen LogP contribution in [-0.4, -0.2) is 40.6 Å². The van der Waals surface area contributed by atoms with Gasteiger partial charge in [0, 0.05) is 12.0 Å². The third-order valence-electron chi connectivity index (χ3n) is 5.06. The SMILES string of the molecule is [2H]C([2H])(Oc1ccc(F)cc1)[C@H]1CCC[C@@H]1NC(=O)c1c(OC)cccc1-n1nccn1. The molecule has 2 aromatic carbocycles. The summed E-state index contributed by atoms with van der Waals surface area (Å²) in [5, 5.41) is 11.2. The van der Waals surface area contributed by atoms with Crippen molar-refractivity contribution in [1.29, 1.82) is 0 Å². The average Bonchev–Trinajstić information content (AvgIpc) is 3.47. The first-order valence-corrected chi connectivity index (χ1v) is 9.68. The van der Waals surface area contributed by atoms with Crippen LogP contribution in [-0.2, 0) is 0 Å². The summed E-state index contributed by atoms with van der Waals surface area (Å²) in [4.78, 5) is 14.6. The zero-order chi connectivity index (χ0) is 22.7. The molecule has 1 aromatic heterocycles. The van der Waals surface area contributed by atoms with Crippen LogP contribution < -0.4 is 14.8 Å². The zero-order valence-corrected chi connectivity index (χ0v) is 16.4. The predicted molar refractivity (Wildman–Crippen MR) is 108 cm³/mol. The monoisotopic (exact) mass is 412 g/mol. The summed E-state index contributed by atoms with van der Waals surface area (Å²) >= 11 is 0. The number of carbonyl (C=O) groups excluding carboxylic acids is 1. The molecular formula is C22H23FN4O3. The molecule has 2 atom stereocenters. The minimum absolute atomic E-state index is 0.227. The normalized spacial score (nSPS) is 19.7. The van der Waals surface area contributed by atoms with Crippen LogP contribution in [0.3, 0.4) is 0 Å². The predicted octanol–water partition coefficient (Wildman–Crippen LogP) is 3.39. The fourth-order valence-corrected chi connectivity index (χ4v) is 3.59. The van der Waals surface area contributed by atoms with E-state index in [9.17, 15) is 9.18 Å². The van der Waals surface area contributed by atoms with Gasteiger partial charge >= 0.3 is 0 Å². The van der Waals surface area contributed by atoms with Crippen LogP contribution in [0.15, 0.2) is 54.9 Å². The number of amides is 1. The van der Waals surface area contributed by atoms with Gasteiger partial charge in [-0.2, -0.15) is 15.0 Å². The fraction of sp³-hybridized carbons (Fsp3) is 0.318. The third-order valence-corrected chi connectivity index (χ3v) is 5.06. The van der Waals surface area contributed by atoms with E-state index in [1.54, 1.807) is 18.2 Å². The Morgan fingerprint density at radius 2 is 2.00 bits per heavy atom. The van der Waals surface area contributed by atoms with E-state index in [4.69, 9.17) is 12.2 Å². The quantitative estimate of drug-likeness (QED) is 0.644. The molecule has 0 aliphatic heterocycles. The fourth-order valence-electron chi connectivity index (χ4n) is 3.59. The number of hydrogen-bond donors (Lipinski definition) is 1. The topological polar surface area (TPSA) is 78.3 Å². The van der Waals surface area contributed by atoms with E-state index in [1.165, 1.54) is 48.6 Å². The Labute approximate surface area is 176 Å². The Hall–Kier alpha value is -3.42. The number of nitrogens with one attached hydrogen (secondary N) is 1. The molecule has 0 saturated heterocycles. The van der Waals surface area contributed by atoms with E-state index in [-0.39, 0.29) is 11.3 Å². The molecule has 1 aliphatic rings. The van der Waals surface area contributed by atoms with Gasteiger partial charge in [0.2, 0.25) is 0 Å². The number of methoxy groups -OCH3 is 1. The molecule has 1 N–H and O–H groups in total. The standard InChI is InChI=1S/C22H23FN4O3/c1-29-20-7-3-6-19(27-24-12-13-25-27)21(20)22(28)26-18-5-2-4-15(18)14-30-17-10-8-16(23)9-11-17/h3,6-13,15,18H,2,4-5,14H2,1H3,(H,26,28)/t15-,18+/m1/s1/i14D2. The summed E-state index contributed by atoms with van der Waals surface area (Å²) in [6.45, 7) is -2.06. The third kappa shape index (κ3) is 4.27. The van der Waals surface area contributed by atoms with E-state index in [0.29, 0.717) is 24.3 Å². The summed E-state index contributed by atoms with van der Waals surface area (Å²) < 4.78 is 41.1. The number of halogens is 1. The maximum atomic E-state index is 13.3. The van der Waals surface area contributed by atoms with Gasteiger partial charge in [-0.1, -0.05) is 12.5 Å². The molecule has 1 fully saturated rings. The van der Waals surface area contributed by atoms with Crippen molar-refractivity contribution >= 4 is 5.91 Å². The summed E-state index contributed by atoms with van der Waals surface area (Å²) in [5.74, 6) is -0.840. The highest BCUT2D eigenvalue weighted by Gasteiger charge is 2.31. The number of hydrogen-bond acceptors (Lipinski definition) is 5. The van der Waals surface area contributed by atoms with E-state index in [1.807, 2.05) is 0 Å². The second-order valence-corrected chi connectivity index (χ2v) is 6.96. The van der Waals surface area contributed by atoms with Crippen LogP contribution in [0.1, 0.15) is 32.4 Å². The van der Waals surface area contributed by atoms with Gasteiger partial charge in [0.15, 0.2) is 0 Å². The van der Waals surface area contributed by atoms with Crippen molar-refractivity contribution in [3.05, 3.63) is 66.2 Å². The summed E-state index contributed by atoms with van der Waals surface area (Å²) in [6, 6.07) is 9.86. The average molecular weight is 412 g/mol. The molecule has 8 heteroatoms. The summed E-state index contributed by atoms with van der Waals surface area (Å²) in [6.07, 6.45) is 4.90. The number of carbonyl (C=O) groups is 1. The number of benzene rings is 2. The summed E-state index contributed by atoms with van der Waals surface area (Å²) in [7, 11) is 1.47. The summed E-state index contributed by atoms with van der Waals surface area (Å²) in [5.41, 5.74) is 0.712. The number of rotatable bonds is 7. The van der Waals surface area contributed by atoms with E-state index in [0.717, 1.165) is 6.42 Å². The van der Waals surface area contributed by atoms with Gasteiger partial charge in [-0.05, 0) is 49.2 Å². The molecule has 1 amide bonds. The Balaban J connectivity index is 1.56. The lowest BCUT2D eigenvalue weighted by Crippen LogP contribution is -2.40. The second-order valence-electron chi connectivity index (χ2n) is 6.96. The largest absolute Gasteiger partial charge is 0.496 e.